The Kier molecular flexibility index (Phi) is 4.36. The number of hydrogen-bond donors (Lipinski definition) is 1. The molecule has 0 aliphatic rings. The van der Waals surface area contributed by atoms with Crippen LogP contribution in [0.2, 0.25) is 0 Å². The molecule has 21 heavy (non-hydrogen) atoms. The number of carbonyl (C=O) groups excluding carboxylic acids is 1. The fraction of sp³-hybridized carbons (Fsp3) is 0.353. The number of nitrogens with zero attached hydrogens (tertiary/aromatic N) is 2. The number of benzene rings is 1. The number of amides is 1. The zero-order valence-corrected chi connectivity index (χ0v) is 13.2. The molecule has 0 aliphatic carbocycles. The van der Waals surface area contributed by atoms with Crippen LogP contribution in [0.5, 0.6) is 0 Å². The number of carbonyl (C=O) groups is 1. The number of nitrogens with one attached hydrogen (secondary N) is 1. The van der Waals surface area contributed by atoms with E-state index >= 15 is 0 Å². The second kappa shape index (κ2) is 6.04. The summed E-state index contributed by atoms with van der Waals surface area (Å²) >= 11 is 0. The normalized spacial score (nSPS) is 10.8. The van der Waals surface area contributed by atoms with E-state index < -0.39 is 0 Å². The Hall–Kier alpha value is -2.23. The lowest BCUT2D eigenvalue weighted by Crippen LogP contribution is -2.17. The van der Waals surface area contributed by atoms with Crippen LogP contribution in [0.25, 0.3) is 0 Å². The molecule has 0 unspecified atom stereocenters. The van der Waals surface area contributed by atoms with E-state index in [2.05, 4.69) is 29.1 Å². The van der Waals surface area contributed by atoms with E-state index in [1.165, 1.54) is 0 Å². The summed E-state index contributed by atoms with van der Waals surface area (Å²) in [5.41, 5.74) is 4.26. The second-order valence-electron chi connectivity index (χ2n) is 5.59. The number of aromatic nitrogens is 2. The van der Waals surface area contributed by atoms with Crippen LogP contribution in [0.4, 0.5) is 5.69 Å². The van der Waals surface area contributed by atoms with Crippen LogP contribution in [0, 0.1) is 20.8 Å². The molecule has 0 fully saturated rings. The molecule has 2 aromatic rings. The van der Waals surface area contributed by atoms with Crippen LogP contribution in [0.15, 0.2) is 24.3 Å². The minimum atomic E-state index is -0.195. The zero-order chi connectivity index (χ0) is 15.6. The molecular formula is C17H21N3O. The fourth-order valence-corrected chi connectivity index (χ4v) is 2.35. The van der Waals surface area contributed by atoms with Gasteiger partial charge in [-0.15, -0.1) is 0 Å². The average molecular weight is 283 g/mol. The van der Waals surface area contributed by atoms with Crippen molar-refractivity contribution >= 4 is 11.6 Å². The molecule has 1 N–H and O–H groups in total. The molecule has 1 amide bonds. The Labute approximate surface area is 125 Å². The summed E-state index contributed by atoms with van der Waals surface area (Å²) in [6, 6.07) is 7.76. The smallest absolute Gasteiger partial charge is 0.274 e. The number of aryl methyl sites for hydroxylation is 3. The van der Waals surface area contributed by atoms with E-state index in [-0.39, 0.29) is 5.91 Å². The third kappa shape index (κ3) is 3.45. The maximum atomic E-state index is 12.4. The lowest BCUT2D eigenvalue weighted by atomic mass is 9.98. The van der Waals surface area contributed by atoms with Crippen molar-refractivity contribution in [2.24, 2.45) is 0 Å². The van der Waals surface area contributed by atoms with Crippen LogP contribution in [0.1, 0.15) is 52.9 Å². The molecule has 0 bridgehead atoms. The zero-order valence-electron chi connectivity index (χ0n) is 13.2. The van der Waals surface area contributed by atoms with Gasteiger partial charge in [-0.3, -0.25) is 4.79 Å². The van der Waals surface area contributed by atoms with Gasteiger partial charge in [-0.05, 0) is 43.9 Å². The van der Waals surface area contributed by atoms with Crippen molar-refractivity contribution in [3.05, 3.63) is 52.6 Å². The van der Waals surface area contributed by atoms with Gasteiger partial charge in [0.25, 0.3) is 5.91 Å². The predicted molar refractivity (Wildman–Crippen MR) is 84.7 cm³/mol. The van der Waals surface area contributed by atoms with Crippen molar-refractivity contribution in [3.8, 4) is 0 Å². The van der Waals surface area contributed by atoms with Gasteiger partial charge in [-0.2, -0.15) is 0 Å². The Morgan fingerprint density at radius 2 is 1.86 bits per heavy atom. The van der Waals surface area contributed by atoms with Gasteiger partial charge in [0.1, 0.15) is 11.5 Å². The van der Waals surface area contributed by atoms with Crippen molar-refractivity contribution in [1.29, 1.82) is 0 Å². The van der Waals surface area contributed by atoms with Crippen LogP contribution in [-0.2, 0) is 0 Å². The summed E-state index contributed by atoms with van der Waals surface area (Å²) in [7, 11) is 0. The molecule has 4 nitrogen and oxygen atoms in total. The molecule has 1 heterocycles. The van der Waals surface area contributed by atoms with E-state index in [9.17, 15) is 4.79 Å². The Morgan fingerprint density at radius 1 is 1.14 bits per heavy atom. The Balaban J connectivity index is 2.36. The summed E-state index contributed by atoms with van der Waals surface area (Å²) in [5, 5.41) is 3.00. The minimum Gasteiger partial charge on any atom is -0.320 e. The van der Waals surface area contributed by atoms with Crippen molar-refractivity contribution in [3.63, 3.8) is 0 Å². The highest BCUT2D eigenvalue weighted by Gasteiger charge is 2.14. The molecule has 0 aliphatic heterocycles. The molecule has 0 saturated carbocycles. The molecular weight excluding hydrogens is 262 g/mol. The van der Waals surface area contributed by atoms with Crippen LogP contribution in [-0.4, -0.2) is 15.9 Å². The third-order valence-electron chi connectivity index (χ3n) is 3.36. The number of para-hydroxylation sites is 1. The van der Waals surface area contributed by atoms with Gasteiger partial charge in [0.2, 0.25) is 0 Å². The lowest BCUT2D eigenvalue weighted by Gasteiger charge is -2.16. The first-order valence-corrected chi connectivity index (χ1v) is 7.11. The molecule has 1 aromatic carbocycles. The summed E-state index contributed by atoms with van der Waals surface area (Å²) in [5.74, 6) is 0.753. The highest BCUT2D eigenvalue weighted by molar-refractivity contribution is 6.03. The van der Waals surface area contributed by atoms with Crippen molar-refractivity contribution in [2.45, 2.75) is 40.5 Å². The van der Waals surface area contributed by atoms with Crippen molar-refractivity contribution in [1.82, 2.24) is 9.97 Å². The third-order valence-corrected chi connectivity index (χ3v) is 3.36. The SMILES string of the molecule is Cc1cc(C(=O)Nc2c(C)cccc2C(C)C)nc(C)n1. The average Bonchev–Trinajstić information content (AvgIpc) is 2.39. The first kappa shape index (κ1) is 15.2. The number of hydrogen-bond acceptors (Lipinski definition) is 3. The van der Waals surface area contributed by atoms with Crippen molar-refractivity contribution in [2.75, 3.05) is 5.32 Å². The van der Waals surface area contributed by atoms with E-state index in [1.807, 2.05) is 32.0 Å². The quantitative estimate of drug-likeness (QED) is 0.932. The Bertz CT molecular complexity index is 657. The fourth-order valence-electron chi connectivity index (χ4n) is 2.35. The van der Waals surface area contributed by atoms with Crippen LogP contribution >= 0.6 is 0 Å². The first-order chi connectivity index (χ1) is 9.88. The van der Waals surface area contributed by atoms with Gasteiger partial charge in [0.05, 0.1) is 0 Å². The van der Waals surface area contributed by atoms with E-state index in [4.69, 9.17) is 0 Å². The molecule has 0 atom stereocenters. The second-order valence-corrected chi connectivity index (χ2v) is 5.59. The maximum absolute atomic E-state index is 12.4. The summed E-state index contributed by atoms with van der Waals surface area (Å²) < 4.78 is 0. The van der Waals surface area contributed by atoms with Crippen molar-refractivity contribution < 1.29 is 4.79 Å². The number of rotatable bonds is 3. The molecule has 2 rings (SSSR count). The van der Waals surface area contributed by atoms with Crippen LogP contribution < -0.4 is 5.32 Å². The molecule has 0 spiro atoms. The van der Waals surface area contributed by atoms with Crippen LogP contribution in [0.3, 0.4) is 0 Å². The topological polar surface area (TPSA) is 54.9 Å². The summed E-state index contributed by atoms with van der Waals surface area (Å²) in [6.45, 7) is 9.88. The molecule has 110 valence electrons. The molecule has 0 saturated heterocycles. The largest absolute Gasteiger partial charge is 0.320 e. The monoisotopic (exact) mass is 283 g/mol. The molecule has 1 aromatic heterocycles. The van der Waals surface area contributed by atoms with Gasteiger partial charge < -0.3 is 5.32 Å². The highest BCUT2D eigenvalue weighted by atomic mass is 16.1. The highest BCUT2D eigenvalue weighted by Crippen LogP contribution is 2.27. The first-order valence-electron chi connectivity index (χ1n) is 7.11. The number of anilines is 1. The van der Waals surface area contributed by atoms with Gasteiger partial charge in [0.15, 0.2) is 0 Å². The van der Waals surface area contributed by atoms with E-state index in [0.29, 0.717) is 17.4 Å². The van der Waals surface area contributed by atoms with Gasteiger partial charge >= 0.3 is 0 Å². The van der Waals surface area contributed by atoms with Gasteiger partial charge in [-0.1, -0.05) is 32.0 Å². The summed E-state index contributed by atoms with van der Waals surface area (Å²) in [4.78, 5) is 20.9. The van der Waals surface area contributed by atoms with Gasteiger partial charge in [0, 0.05) is 11.4 Å². The summed E-state index contributed by atoms with van der Waals surface area (Å²) in [6.07, 6.45) is 0. The molecule has 4 heteroatoms. The molecule has 0 radical (unpaired) electrons. The standard InChI is InChI=1S/C17H21N3O/c1-10(2)14-8-6-7-11(3)16(14)20-17(21)15-9-12(4)18-13(5)19-15/h6-10H,1-5H3,(H,20,21). The minimum absolute atomic E-state index is 0.195. The lowest BCUT2D eigenvalue weighted by molar-refractivity contribution is 0.102. The Morgan fingerprint density at radius 3 is 2.48 bits per heavy atom. The van der Waals surface area contributed by atoms with E-state index in [0.717, 1.165) is 22.5 Å². The van der Waals surface area contributed by atoms with E-state index in [1.54, 1.807) is 13.0 Å². The predicted octanol–water partition coefficient (Wildman–Crippen LogP) is 3.78. The van der Waals surface area contributed by atoms with Gasteiger partial charge in [-0.25, -0.2) is 9.97 Å². The maximum Gasteiger partial charge on any atom is 0.274 e.